The number of rotatable bonds is 5. The number of methoxy groups -OCH3 is 1. The van der Waals surface area contributed by atoms with Gasteiger partial charge in [-0.25, -0.2) is 0 Å². The molecule has 5 nitrogen and oxygen atoms in total. The van der Waals surface area contributed by atoms with Gasteiger partial charge in [0, 0.05) is 44.0 Å². The molecule has 0 radical (unpaired) electrons. The molecule has 2 aliphatic heterocycles. The third-order valence-corrected chi connectivity index (χ3v) is 6.46. The molecule has 1 unspecified atom stereocenters. The molecule has 0 bridgehead atoms. The van der Waals surface area contributed by atoms with E-state index in [1.165, 1.54) is 18.2 Å². The SMILES string of the molecule is COC(=O)C1CN(Cc2ccccc2)CC12CCN(Cc1ccncc1)CC2. The normalized spacial score (nSPS) is 22.4. The van der Waals surface area contributed by atoms with E-state index in [9.17, 15) is 4.79 Å². The Morgan fingerprint density at radius 3 is 2.36 bits per heavy atom. The molecule has 4 rings (SSSR count). The van der Waals surface area contributed by atoms with Crippen LogP contribution in [0.4, 0.5) is 0 Å². The molecule has 1 aromatic heterocycles. The highest BCUT2D eigenvalue weighted by molar-refractivity contribution is 5.74. The second kappa shape index (κ2) is 8.41. The number of nitrogens with zero attached hydrogens (tertiary/aromatic N) is 3. The average molecular weight is 380 g/mol. The maximum Gasteiger partial charge on any atom is 0.310 e. The zero-order valence-electron chi connectivity index (χ0n) is 16.6. The first-order chi connectivity index (χ1) is 13.7. The number of pyridine rings is 1. The molecule has 2 aromatic rings. The minimum atomic E-state index is -0.0434. The topological polar surface area (TPSA) is 45.7 Å². The summed E-state index contributed by atoms with van der Waals surface area (Å²) >= 11 is 0. The first-order valence-electron chi connectivity index (χ1n) is 10.1. The predicted molar refractivity (Wildman–Crippen MR) is 108 cm³/mol. The number of carbonyl (C=O) groups is 1. The van der Waals surface area contributed by atoms with Crippen LogP contribution in [-0.2, 0) is 22.6 Å². The van der Waals surface area contributed by atoms with Crippen LogP contribution in [-0.4, -0.2) is 54.0 Å². The van der Waals surface area contributed by atoms with E-state index in [1.54, 1.807) is 0 Å². The van der Waals surface area contributed by atoms with Crippen molar-refractivity contribution in [3.8, 4) is 0 Å². The van der Waals surface area contributed by atoms with Gasteiger partial charge in [0.15, 0.2) is 0 Å². The summed E-state index contributed by atoms with van der Waals surface area (Å²) in [5, 5.41) is 0. The van der Waals surface area contributed by atoms with Gasteiger partial charge in [0.25, 0.3) is 0 Å². The van der Waals surface area contributed by atoms with Gasteiger partial charge < -0.3 is 4.74 Å². The molecule has 2 saturated heterocycles. The number of carbonyl (C=O) groups excluding carboxylic acids is 1. The van der Waals surface area contributed by atoms with E-state index in [2.05, 4.69) is 51.2 Å². The van der Waals surface area contributed by atoms with Gasteiger partial charge in [-0.3, -0.25) is 19.6 Å². The summed E-state index contributed by atoms with van der Waals surface area (Å²) in [4.78, 5) is 21.6. The second-order valence-corrected chi connectivity index (χ2v) is 8.22. The number of ether oxygens (including phenoxy) is 1. The van der Waals surface area contributed by atoms with Crippen molar-refractivity contribution in [1.82, 2.24) is 14.8 Å². The van der Waals surface area contributed by atoms with Crippen molar-refractivity contribution in [3.63, 3.8) is 0 Å². The van der Waals surface area contributed by atoms with Crippen molar-refractivity contribution in [2.75, 3.05) is 33.3 Å². The van der Waals surface area contributed by atoms with Crippen LogP contribution in [0.1, 0.15) is 24.0 Å². The smallest absolute Gasteiger partial charge is 0.310 e. The summed E-state index contributed by atoms with van der Waals surface area (Å²) in [6.07, 6.45) is 5.80. The van der Waals surface area contributed by atoms with Crippen molar-refractivity contribution >= 4 is 5.97 Å². The van der Waals surface area contributed by atoms with Crippen molar-refractivity contribution in [2.45, 2.75) is 25.9 Å². The quantitative estimate of drug-likeness (QED) is 0.748. The highest BCUT2D eigenvalue weighted by Gasteiger charge is 2.51. The Kier molecular flexibility index (Phi) is 5.74. The summed E-state index contributed by atoms with van der Waals surface area (Å²) in [7, 11) is 1.52. The Bertz CT molecular complexity index is 773. The molecule has 0 aliphatic carbocycles. The van der Waals surface area contributed by atoms with Gasteiger partial charge in [-0.1, -0.05) is 30.3 Å². The fraction of sp³-hybridized carbons (Fsp3) is 0.478. The van der Waals surface area contributed by atoms with Crippen molar-refractivity contribution in [3.05, 3.63) is 66.0 Å². The molecular weight excluding hydrogens is 350 g/mol. The molecule has 2 aliphatic rings. The van der Waals surface area contributed by atoms with Crippen LogP contribution in [0.2, 0.25) is 0 Å². The fourth-order valence-electron chi connectivity index (χ4n) is 4.91. The Labute approximate surface area is 167 Å². The van der Waals surface area contributed by atoms with Crippen molar-refractivity contribution in [1.29, 1.82) is 0 Å². The molecule has 148 valence electrons. The molecule has 2 fully saturated rings. The lowest BCUT2D eigenvalue weighted by molar-refractivity contribution is -0.149. The van der Waals surface area contributed by atoms with Crippen LogP contribution in [0.15, 0.2) is 54.9 Å². The zero-order valence-corrected chi connectivity index (χ0v) is 16.6. The maximum atomic E-state index is 12.6. The predicted octanol–water partition coefficient (Wildman–Crippen LogP) is 2.97. The van der Waals surface area contributed by atoms with Gasteiger partial charge in [0.1, 0.15) is 0 Å². The van der Waals surface area contributed by atoms with Gasteiger partial charge in [0.05, 0.1) is 13.0 Å². The van der Waals surface area contributed by atoms with Gasteiger partial charge in [0.2, 0.25) is 0 Å². The molecule has 0 saturated carbocycles. The second-order valence-electron chi connectivity index (χ2n) is 8.22. The van der Waals surface area contributed by atoms with Gasteiger partial charge in [-0.15, -0.1) is 0 Å². The van der Waals surface area contributed by atoms with Crippen LogP contribution in [0.3, 0.4) is 0 Å². The number of hydrogen-bond acceptors (Lipinski definition) is 5. The lowest BCUT2D eigenvalue weighted by atomic mass is 9.70. The van der Waals surface area contributed by atoms with Gasteiger partial charge >= 0.3 is 5.97 Å². The minimum Gasteiger partial charge on any atom is -0.469 e. The van der Waals surface area contributed by atoms with E-state index < -0.39 is 0 Å². The van der Waals surface area contributed by atoms with Crippen LogP contribution in [0.25, 0.3) is 0 Å². The highest BCUT2D eigenvalue weighted by atomic mass is 16.5. The van der Waals surface area contributed by atoms with Crippen LogP contribution < -0.4 is 0 Å². The lowest BCUT2D eigenvalue weighted by Crippen LogP contribution is -2.46. The first kappa shape index (κ1) is 19.1. The van der Waals surface area contributed by atoms with Crippen LogP contribution in [0, 0.1) is 11.3 Å². The van der Waals surface area contributed by atoms with E-state index in [0.29, 0.717) is 0 Å². The monoisotopic (exact) mass is 379 g/mol. The molecule has 1 atom stereocenters. The van der Waals surface area contributed by atoms with Gasteiger partial charge in [-0.05, 0) is 49.2 Å². The zero-order chi connectivity index (χ0) is 19.4. The molecule has 0 amide bonds. The molecule has 0 N–H and O–H groups in total. The average Bonchev–Trinajstić information content (AvgIpc) is 3.08. The molecule has 1 spiro atoms. The molecule has 1 aromatic carbocycles. The first-order valence-corrected chi connectivity index (χ1v) is 10.1. The number of hydrogen-bond donors (Lipinski definition) is 0. The van der Waals surface area contributed by atoms with Gasteiger partial charge in [-0.2, -0.15) is 0 Å². The van der Waals surface area contributed by atoms with Crippen LogP contribution >= 0.6 is 0 Å². The Hall–Kier alpha value is -2.24. The van der Waals surface area contributed by atoms with E-state index in [1.807, 2.05) is 18.5 Å². The minimum absolute atomic E-state index is 0.0238. The highest BCUT2D eigenvalue weighted by Crippen LogP contribution is 2.45. The van der Waals surface area contributed by atoms with E-state index in [-0.39, 0.29) is 17.3 Å². The summed E-state index contributed by atoms with van der Waals surface area (Å²) in [5.41, 5.74) is 2.64. The third kappa shape index (κ3) is 4.10. The number of benzene rings is 1. The van der Waals surface area contributed by atoms with E-state index in [0.717, 1.165) is 52.1 Å². The van der Waals surface area contributed by atoms with E-state index in [4.69, 9.17) is 4.74 Å². The summed E-state index contributed by atoms with van der Waals surface area (Å²) < 4.78 is 5.20. The summed E-state index contributed by atoms with van der Waals surface area (Å²) in [5.74, 6) is -0.0672. The number of likely N-dealkylation sites (tertiary alicyclic amines) is 2. The van der Waals surface area contributed by atoms with Crippen LogP contribution in [0.5, 0.6) is 0 Å². The lowest BCUT2D eigenvalue weighted by Gasteiger charge is -2.41. The largest absolute Gasteiger partial charge is 0.469 e. The Morgan fingerprint density at radius 1 is 1.04 bits per heavy atom. The number of piperidine rings is 1. The number of esters is 1. The Balaban J connectivity index is 1.43. The Morgan fingerprint density at radius 2 is 1.68 bits per heavy atom. The molecular formula is C23H29N3O2. The fourth-order valence-corrected chi connectivity index (χ4v) is 4.91. The molecule has 3 heterocycles. The number of aromatic nitrogens is 1. The standard InChI is InChI=1S/C23H29N3O2/c1-28-22(27)21-17-26(16-19-5-3-2-4-6-19)18-23(21)9-13-25(14-10-23)15-20-7-11-24-12-8-20/h2-8,11-12,21H,9-10,13-18H2,1H3. The third-order valence-electron chi connectivity index (χ3n) is 6.46. The molecule has 5 heteroatoms. The molecule has 28 heavy (non-hydrogen) atoms. The van der Waals surface area contributed by atoms with Crippen molar-refractivity contribution in [2.24, 2.45) is 11.3 Å². The summed E-state index contributed by atoms with van der Waals surface area (Å²) in [6.45, 7) is 5.67. The maximum absolute atomic E-state index is 12.6. The van der Waals surface area contributed by atoms with Crippen molar-refractivity contribution < 1.29 is 9.53 Å². The van der Waals surface area contributed by atoms with E-state index >= 15 is 0 Å². The summed E-state index contributed by atoms with van der Waals surface area (Å²) in [6, 6.07) is 14.7.